The van der Waals surface area contributed by atoms with Crippen molar-refractivity contribution in [3.05, 3.63) is 29.8 Å². The van der Waals surface area contributed by atoms with Crippen molar-refractivity contribution in [1.82, 2.24) is 0 Å². The second kappa shape index (κ2) is 7.96. The molecule has 0 aliphatic carbocycles. The number of hydrogen-bond acceptors (Lipinski definition) is 5. The van der Waals surface area contributed by atoms with Crippen LogP contribution in [0.25, 0.3) is 0 Å². The Hall–Kier alpha value is -0.650. The zero-order valence-electron chi connectivity index (χ0n) is 11.7. The highest BCUT2D eigenvalue weighted by Crippen LogP contribution is 2.38. The predicted octanol–water partition coefficient (Wildman–Crippen LogP) is 2.72. The molecule has 5 heteroatoms. The van der Waals surface area contributed by atoms with E-state index in [2.05, 4.69) is 24.3 Å². The molecule has 0 aromatic heterocycles. The topological polar surface area (TPSA) is 52.3 Å². The fourth-order valence-electron chi connectivity index (χ4n) is 2.14. The highest BCUT2D eigenvalue weighted by molar-refractivity contribution is 8.03. The zero-order valence-corrected chi connectivity index (χ0v) is 13.3. The average Bonchev–Trinajstić information content (AvgIpc) is 2.86. The molecule has 0 saturated heterocycles. The molecule has 1 aliphatic rings. The quantitative estimate of drug-likeness (QED) is 0.620. The van der Waals surface area contributed by atoms with Gasteiger partial charge in [-0.15, -0.1) is 11.8 Å². The first-order valence-electron chi connectivity index (χ1n) is 6.95. The van der Waals surface area contributed by atoms with E-state index in [4.69, 9.17) is 10.5 Å². The molecule has 1 aliphatic heterocycles. The molecule has 20 heavy (non-hydrogen) atoms. The molecule has 0 radical (unpaired) electrons. The summed E-state index contributed by atoms with van der Waals surface area (Å²) in [6.07, 6.45) is 1.84. The monoisotopic (exact) mass is 311 g/mol. The number of rotatable bonds is 7. The molecule has 1 heterocycles. The lowest BCUT2D eigenvalue weighted by Gasteiger charge is -2.11. The van der Waals surface area contributed by atoms with E-state index >= 15 is 0 Å². The normalized spacial score (nSPS) is 18.6. The van der Waals surface area contributed by atoms with Crippen molar-refractivity contribution in [2.24, 2.45) is 5.73 Å². The van der Waals surface area contributed by atoms with Gasteiger partial charge in [0, 0.05) is 15.9 Å². The van der Waals surface area contributed by atoms with E-state index < -0.39 is 6.04 Å². The van der Waals surface area contributed by atoms with Crippen molar-refractivity contribution >= 4 is 29.5 Å². The summed E-state index contributed by atoms with van der Waals surface area (Å²) in [5.41, 5.74) is 7.24. The molecule has 1 aromatic rings. The minimum atomic E-state index is -0.476. The van der Waals surface area contributed by atoms with Crippen LogP contribution in [0, 0.1) is 0 Å². The average molecular weight is 311 g/mol. The smallest absolute Gasteiger partial charge is 0.322 e. The minimum absolute atomic E-state index is 0.282. The van der Waals surface area contributed by atoms with E-state index in [9.17, 15) is 4.79 Å². The van der Waals surface area contributed by atoms with Crippen molar-refractivity contribution in [2.75, 3.05) is 18.1 Å². The predicted molar refractivity (Wildman–Crippen MR) is 86.3 cm³/mol. The van der Waals surface area contributed by atoms with Gasteiger partial charge in [0.2, 0.25) is 0 Å². The van der Waals surface area contributed by atoms with Gasteiger partial charge in [-0.25, -0.2) is 0 Å². The van der Waals surface area contributed by atoms with Gasteiger partial charge in [-0.05, 0) is 37.1 Å². The molecule has 3 nitrogen and oxygen atoms in total. The van der Waals surface area contributed by atoms with Gasteiger partial charge < -0.3 is 10.5 Å². The molecule has 2 unspecified atom stereocenters. The number of carbonyl (C=O) groups is 1. The maximum absolute atomic E-state index is 11.4. The van der Waals surface area contributed by atoms with E-state index in [0.717, 1.165) is 17.9 Å². The van der Waals surface area contributed by atoms with E-state index in [1.165, 1.54) is 10.5 Å². The number of hydrogen-bond donors (Lipinski definition) is 1. The third-order valence-electron chi connectivity index (χ3n) is 3.18. The Morgan fingerprint density at radius 1 is 1.55 bits per heavy atom. The van der Waals surface area contributed by atoms with Gasteiger partial charge in [0.05, 0.1) is 6.61 Å². The molecule has 0 bridgehead atoms. The van der Waals surface area contributed by atoms with Crippen LogP contribution in [0.1, 0.15) is 18.9 Å². The molecule has 2 N–H and O–H groups in total. The molecular formula is C15H21NO2S2. The van der Waals surface area contributed by atoms with Gasteiger partial charge in [0.15, 0.2) is 0 Å². The van der Waals surface area contributed by atoms with Gasteiger partial charge >= 0.3 is 5.97 Å². The van der Waals surface area contributed by atoms with Gasteiger partial charge in [-0.3, -0.25) is 4.79 Å². The SMILES string of the molecule is CCOC(=O)C(N)CCSCC1Cc2ccccc2S1. The Kier molecular flexibility index (Phi) is 6.26. The molecule has 2 rings (SSSR count). The maximum Gasteiger partial charge on any atom is 0.322 e. The second-order valence-electron chi connectivity index (χ2n) is 4.77. The maximum atomic E-state index is 11.4. The summed E-state index contributed by atoms with van der Waals surface area (Å²) in [6.45, 7) is 2.20. The number of fused-ring (bicyclic) bond motifs is 1. The molecule has 2 atom stereocenters. The Morgan fingerprint density at radius 2 is 2.35 bits per heavy atom. The van der Waals surface area contributed by atoms with E-state index in [0.29, 0.717) is 18.3 Å². The number of ether oxygens (including phenoxy) is 1. The van der Waals surface area contributed by atoms with Crippen molar-refractivity contribution in [2.45, 2.75) is 36.0 Å². The lowest BCUT2D eigenvalue weighted by molar-refractivity contribution is -0.144. The Labute approximate surface area is 129 Å². The van der Waals surface area contributed by atoms with Crippen LogP contribution in [-0.2, 0) is 16.0 Å². The standard InChI is InChI=1S/C15H21NO2S2/c1-2-18-15(17)13(16)7-8-19-10-12-9-11-5-3-4-6-14(11)20-12/h3-6,12-13H,2,7-10,16H2,1H3. The first kappa shape index (κ1) is 15.7. The summed E-state index contributed by atoms with van der Waals surface area (Å²) in [4.78, 5) is 12.8. The molecule has 0 saturated carbocycles. The van der Waals surface area contributed by atoms with Crippen LogP contribution in [0.15, 0.2) is 29.2 Å². The molecule has 0 fully saturated rings. The Bertz CT molecular complexity index is 428. The van der Waals surface area contributed by atoms with Crippen LogP contribution in [0.4, 0.5) is 0 Å². The number of benzene rings is 1. The van der Waals surface area contributed by atoms with Gasteiger partial charge in [-0.1, -0.05) is 18.2 Å². The molecular weight excluding hydrogens is 290 g/mol. The molecule has 110 valence electrons. The highest BCUT2D eigenvalue weighted by atomic mass is 32.2. The van der Waals surface area contributed by atoms with Crippen LogP contribution in [-0.4, -0.2) is 35.4 Å². The third-order valence-corrected chi connectivity index (χ3v) is 5.87. The zero-order chi connectivity index (χ0) is 14.4. The van der Waals surface area contributed by atoms with Crippen LogP contribution in [0.5, 0.6) is 0 Å². The highest BCUT2D eigenvalue weighted by Gasteiger charge is 2.21. The summed E-state index contributed by atoms with van der Waals surface area (Å²) in [5.74, 6) is 1.73. The minimum Gasteiger partial charge on any atom is -0.465 e. The lowest BCUT2D eigenvalue weighted by atomic mass is 10.1. The summed E-state index contributed by atoms with van der Waals surface area (Å²) in [6, 6.07) is 8.13. The first-order chi connectivity index (χ1) is 9.70. The summed E-state index contributed by atoms with van der Waals surface area (Å²) >= 11 is 3.84. The van der Waals surface area contributed by atoms with Crippen molar-refractivity contribution in [1.29, 1.82) is 0 Å². The Balaban J connectivity index is 1.62. The van der Waals surface area contributed by atoms with E-state index in [1.54, 1.807) is 6.92 Å². The van der Waals surface area contributed by atoms with Gasteiger partial charge in [-0.2, -0.15) is 11.8 Å². The lowest BCUT2D eigenvalue weighted by Crippen LogP contribution is -2.32. The number of carbonyl (C=O) groups excluding carboxylic acids is 1. The van der Waals surface area contributed by atoms with Gasteiger partial charge in [0.25, 0.3) is 0 Å². The van der Waals surface area contributed by atoms with E-state index in [1.807, 2.05) is 23.5 Å². The van der Waals surface area contributed by atoms with Crippen molar-refractivity contribution < 1.29 is 9.53 Å². The number of thioether (sulfide) groups is 2. The van der Waals surface area contributed by atoms with Crippen LogP contribution in [0.3, 0.4) is 0 Å². The largest absolute Gasteiger partial charge is 0.465 e. The van der Waals surface area contributed by atoms with Crippen molar-refractivity contribution in [3.63, 3.8) is 0 Å². The Morgan fingerprint density at radius 3 is 3.10 bits per heavy atom. The second-order valence-corrected chi connectivity index (χ2v) is 7.27. The number of nitrogens with two attached hydrogens (primary N) is 1. The molecule has 0 spiro atoms. The van der Waals surface area contributed by atoms with Crippen molar-refractivity contribution in [3.8, 4) is 0 Å². The summed E-state index contributed by atoms with van der Waals surface area (Å²) < 4.78 is 4.90. The van der Waals surface area contributed by atoms with Crippen LogP contribution >= 0.6 is 23.5 Å². The van der Waals surface area contributed by atoms with Gasteiger partial charge in [0.1, 0.15) is 6.04 Å². The third kappa shape index (κ3) is 4.43. The molecule has 0 amide bonds. The summed E-state index contributed by atoms with van der Waals surface area (Å²) in [5, 5.41) is 0.649. The first-order valence-corrected chi connectivity index (χ1v) is 8.98. The molecule has 1 aromatic carbocycles. The number of esters is 1. The fraction of sp³-hybridized carbons (Fsp3) is 0.533. The van der Waals surface area contributed by atoms with Crippen LogP contribution < -0.4 is 5.73 Å². The van der Waals surface area contributed by atoms with Crippen LogP contribution in [0.2, 0.25) is 0 Å². The fourth-order valence-corrected chi connectivity index (χ4v) is 4.75. The summed E-state index contributed by atoms with van der Waals surface area (Å²) in [7, 11) is 0. The van der Waals surface area contributed by atoms with E-state index in [-0.39, 0.29) is 5.97 Å².